The van der Waals surface area contributed by atoms with Crippen molar-refractivity contribution in [3.63, 3.8) is 0 Å². The molecule has 94 valence electrons. The number of benzene rings is 2. The number of anilines is 1. The highest BCUT2D eigenvalue weighted by atomic mass is 28.2. The topological polar surface area (TPSA) is 35.2 Å². The molecule has 0 amide bonds. The van der Waals surface area contributed by atoms with Gasteiger partial charge < -0.3 is 10.2 Å². The molecule has 0 aliphatic heterocycles. The van der Waals surface area contributed by atoms with Crippen molar-refractivity contribution in [2.24, 2.45) is 0 Å². The molecule has 0 fully saturated rings. The van der Waals surface area contributed by atoms with Gasteiger partial charge in [0.1, 0.15) is 0 Å². The first-order valence-corrected chi connectivity index (χ1v) is 8.30. The van der Waals surface area contributed by atoms with Gasteiger partial charge in [-0.05, 0) is 17.2 Å². The van der Waals surface area contributed by atoms with E-state index in [9.17, 15) is 0 Å². The molecule has 3 heteroatoms. The fourth-order valence-electron chi connectivity index (χ4n) is 2.06. The third-order valence-electron chi connectivity index (χ3n) is 3.00. The van der Waals surface area contributed by atoms with Crippen molar-refractivity contribution in [1.82, 2.24) is 0 Å². The average Bonchev–Trinajstić information content (AvgIpc) is 2.42. The largest absolute Gasteiger partial charge is 0.417 e. The van der Waals surface area contributed by atoms with Gasteiger partial charge in [0.05, 0.1) is 6.10 Å². The highest BCUT2D eigenvalue weighted by Crippen LogP contribution is 2.24. The molecule has 0 aliphatic carbocycles. The van der Waals surface area contributed by atoms with Gasteiger partial charge >= 0.3 is 0 Å². The molecule has 0 aliphatic rings. The first-order chi connectivity index (χ1) is 8.81. The summed E-state index contributed by atoms with van der Waals surface area (Å²) in [5, 5.41) is 0. The Bertz CT molecular complexity index is 487. The smallest absolute Gasteiger partial charge is 0.159 e. The quantitative estimate of drug-likeness (QED) is 0.660. The molecule has 0 radical (unpaired) electrons. The van der Waals surface area contributed by atoms with Crippen LogP contribution in [-0.4, -0.2) is 9.76 Å². The van der Waals surface area contributed by atoms with E-state index in [0.717, 1.165) is 17.7 Å². The van der Waals surface area contributed by atoms with Crippen LogP contribution in [0.1, 0.15) is 17.2 Å². The second kappa shape index (κ2) is 6.38. The highest BCUT2D eigenvalue weighted by Gasteiger charge is 2.12. The van der Waals surface area contributed by atoms with Crippen LogP contribution in [0.2, 0.25) is 6.55 Å². The lowest BCUT2D eigenvalue weighted by Crippen LogP contribution is -2.10. The van der Waals surface area contributed by atoms with Crippen molar-refractivity contribution < 1.29 is 4.43 Å². The molecule has 2 aromatic rings. The molecule has 0 spiro atoms. The number of para-hydroxylation sites is 1. The summed E-state index contributed by atoms with van der Waals surface area (Å²) >= 11 is 0. The van der Waals surface area contributed by atoms with Gasteiger partial charge in [-0.25, -0.2) is 0 Å². The molecule has 0 aromatic heterocycles. The van der Waals surface area contributed by atoms with E-state index in [1.54, 1.807) is 0 Å². The van der Waals surface area contributed by atoms with Crippen LogP contribution < -0.4 is 5.73 Å². The molecular formula is C15H19NOSi. The summed E-state index contributed by atoms with van der Waals surface area (Å²) in [5.74, 6) is 0. The van der Waals surface area contributed by atoms with E-state index in [4.69, 9.17) is 10.2 Å². The summed E-state index contributed by atoms with van der Waals surface area (Å²) in [7, 11) is -0.446. The molecule has 0 saturated carbocycles. The minimum atomic E-state index is -0.446. The van der Waals surface area contributed by atoms with E-state index in [1.165, 1.54) is 5.56 Å². The summed E-state index contributed by atoms with van der Waals surface area (Å²) in [6, 6.07) is 18.4. The number of nitrogens with two attached hydrogens (primary N) is 1. The van der Waals surface area contributed by atoms with Gasteiger partial charge in [-0.3, -0.25) is 0 Å². The highest BCUT2D eigenvalue weighted by molar-refractivity contribution is 6.24. The molecule has 1 unspecified atom stereocenters. The summed E-state index contributed by atoms with van der Waals surface area (Å²) in [6.45, 7) is 2.16. The zero-order chi connectivity index (χ0) is 12.8. The molecule has 18 heavy (non-hydrogen) atoms. The molecule has 1 atom stereocenters. The lowest BCUT2D eigenvalue weighted by molar-refractivity contribution is 0.219. The van der Waals surface area contributed by atoms with Crippen molar-refractivity contribution in [2.75, 3.05) is 5.73 Å². The Hall–Kier alpha value is -1.58. The third kappa shape index (κ3) is 3.21. The molecule has 0 saturated heterocycles. The minimum Gasteiger partial charge on any atom is -0.417 e. The first-order valence-electron chi connectivity index (χ1n) is 6.31. The van der Waals surface area contributed by atoms with Gasteiger partial charge in [0, 0.05) is 12.1 Å². The average molecular weight is 257 g/mol. The van der Waals surface area contributed by atoms with Crippen molar-refractivity contribution in [3.8, 4) is 0 Å². The van der Waals surface area contributed by atoms with Gasteiger partial charge in [0.15, 0.2) is 9.76 Å². The Kier molecular flexibility index (Phi) is 4.56. The zero-order valence-corrected chi connectivity index (χ0v) is 12.1. The molecule has 0 bridgehead atoms. The molecule has 0 heterocycles. The number of hydrogen-bond donors (Lipinski definition) is 1. The maximum absolute atomic E-state index is 6.00. The van der Waals surface area contributed by atoms with Crippen LogP contribution >= 0.6 is 0 Å². The second-order valence-corrected chi connectivity index (χ2v) is 5.17. The Morgan fingerprint density at radius 1 is 1.06 bits per heavy atom. The Morgan fingerprint density at radius 3 is 2.39 bits per heavy atom. The first kappa shape index (κ1) is 12.9. The molecule has 2 nitrogen and oxygen atoms in total. The van der Waals surface area contributed by atoms with Crippen LogP contribution in [0.5, 0.6) is 0 Å². The SMILES string of the molecule is C[SiH2]OC(Cc1ccccc1N)c1ccccc1. The van der Waals surface area contributed by atoms with E-state index in [0.29, 0.717) is 0 Å². The van der Waals surface area contributed by atoms with Crippen molar-refractivity contribution in [3.05, 3.63) is 65.7 Å². The second-order valence-electron chi connectivity index (χ2n) is 4.26. The summed E-state index contributed by atoms with van der Waals surface area (Å²) < 4.78 is 5.97. The van der Waals surface area contributed by atoms with E-state index in [1.807, 2.05) is 24.3 Å². The van der Waals surface area contributed by atoms with Gasteiger partial charge in [-0.1, -0.05) is 55.1 Å². The summed E-state index contributed by atoms with van der Waals surface area (Å²) in [5.41, 5.74) is 9.24. The number of hydrogen-bond acceptors (Lipinski definition) is 2. The third-order valence-corrected chi connectivity index (χ3v) is 3.74. The Labute approximate surface area is 111 Å². The zero-order valence-electron chi connectivity index (χ0n) is 10.7. The van der Waals surface area contributed by atoms with E-state index in [2.05, 4.69) is 36.9 Å². The van der Waals surface area contributed by atoms with Gasteiger partial charge in [-0.2, -0.15) is 0 Å². The van der Waals surface area contributed by atoms with Crippen molar-refractivity contribution >= 4 is 15.5 Å². The molecule has 2 rings (SSSR count). The lowest BCUT2D eigenvalue weighted by atomic mass is 10.0. The van der Waals surface area contributed by atoms with Crippen molar-refractivity contribution in [2.45, 2.75) is 19.1 Å². The van der Waals surface area contributed by atoms with Crippen LogP contribution in [0.3, 0.4) is 0 Å². The minimum absolute atomic E-state index is 0.132. The van der Waals surface area contributed by atoms with Crippen LogP contribution in [0, 0.1) is 0 Å². The summed E-state index contributed by atoms with van der Waals surface area (Å²) in [6.07, 6.45) is 0.977. The molecular weight excluding hydrogens is 238 g/mol. The standard InChI is InChI=1S/C15H19NOSi/c1-18-17-15(12-7-3-2-4-8-12)11-13-9-5-6-10-14(13)16/h2-10,15H,11,16,18H2,1H3. The van der Waals surface area contributed by atoms with Gasteiger partial charge in [-0.15, -0.1) is 0 Å². The fraction of sp³-hybridized carbons (Fsp3) is 0.200. The van der Waals surface area contributed by atoms with Crippen LogP contribution in [0.4, 0.5) is 5.69 Å². The van der Waals surface area contributed by atoms with E-state index < -0.39 is 9.76 Å². The van der Waals surface area contributed by atoms with Crippen molar-refractivity contribution in [1.29, 1.82) is 0 Å². The number of nitrogen functional groups attached to an aromatic ring is 1. The van der Waals surface area contributed by atoms with Crippen LogP contribution in [0.25, 0.3) is 0 Å². The maximum atomic E-state index is 6.00. The normalized spacial score (nSPS) is 12.9. The fourth-order valence-corrected chi connectivity index (χ4v) is 2.77. The van der Waals surface area contributed by atoms with E-state index >= 15 is 0 Å². The molecule has 2 aromatic carbocycles. The molecule has 2 N–H and O–H groups in total. The predicted octanol–water partition coefficient (Wildman–Crippen LogP) is 2.70. The monoisotopic (exact) mass is 257 g/mol. The Balaban J connectivity index is 2.19. The van der Waals surface area contributed by atoms with E-state index in [-0.39, 0.29) is 6.10 Å². The van der Waals surface area contributed by atoms with Gasteiger partial charge in [0.2, 0.25) is 0 Å². The Morgan fingerprint density at radius 2 is 1.72 bits per heavy atom. The van der Waals surface area contributed by atoms with Crippen LogP contribution in [-0.2, 0) is 10.8 Å². The summed E-state index contributed by atoms with van der Waals surface area (Å²) in [4.78, 5) is 0. The maximum Gasteiger partial charge on any atom is 0.159 e. The van der Waals surface area contributed by atoms with Gasteiger partial charge in [0.25, 0.3) is 0 Å². The lowest BCUT2D eigenvalue weighted by Gasteiger charge is -2.19. The van der Waals surface area contributed by atoms with Crippen LogP contribution in [0.15, 0.2) is 54.6 Å². The number of rotatable bonds is 5. The predicted molar refractivity (Wildman–Crippen MR) is 79.2 cm³/mol.